The van der Waals surface area contributed by atoms with Crippen LogP contribution in [0, 0.1) is 0 Å². The van der Waals surface area contributed by atoms with Gasteiger partial charge in [0.15, 0.2) is 5.82 Å². The van der Waals surface area contributed by atoms with Crippen LogP contribution in [-0.2, 0) is 11.3 Å². The number of carboxylic acid groups (broad SMARTS) is 1. The average Bonchev–Trinajstić information content (AvgIpc) is 2.65. The monoisotopic (exact) mass is 272 g/mol. The molecular formula is C9H6Cl2N4O2. The normalized spacial score (nSPS) is 10.5. The van der Waals surface area contributed by atoms with Crippen molar-refractivity contribution in [2.75, 3.05) is 0 Å². The fraction of sp³-hybridized carbons (Fsp3) is 0.111. The largest absolute Gasteiger partial charge is 0.480 e. The SMILES string of the molecule is O=C(O)Cn1nnnc1-c1c(Cl)cccc1Cl. The zero-order valence-corrected chi connectivity index (χ0v) is 9.85. The fourth-order valence-corrected chi connectivity index (χ4v) is 1.90. The summed E-state index contributed by atoms with van der Waals surface area (Å²) in [6.45, 7) is -0.357. The van der Waals surface area contributed by atoms with Gasteiger partial charge in [0.05, 0.1) is 15.6 Å². The second kappa shape index (κ2) is 4.68. The van der Waals surface area contributed by atoms with Crippen molar-refractivity contribution in [1.29, 1.82) is 0 Å². The molecule has 6 nitrogen and oxygen atoms in total. The molecular weight excluding hydrogens is 267 g/mol. The van der Waals surface area contributed by atoms with Crippen molar-refractivity contribution in [3.63, 3.8) is 0 Å². The maximum absolute atomic E-state index is 10.6. The summed E-state index contributed by atoms with van der Waals surface area (Å²) in [4.78, 5) is 10.6. The number of hydrogen-bond acceptors (Lipinski definition) is 4. The molecule has 0 saturated carbocycles. The zero-order chi connectivity index (χ0) is 12.4. The highest BCUT2D eigenvalue weighted by Gasteiger charge is 2.17. The van der Waals surface area contributed by atoms with E-state index in [9.17, 15) is 4.79 Å². The van der Waals surface area contributed by atoms with E-state index >= 15 is 0 Å². The lowest BCUT2D eigenvalue weighted by Gasteiger charge is -2.05. The van der Waals surface area contributed by atoms with E-state index in [0.717, 1.165) is 4.68 Å². The predicted molar refractivity (Wildman–Crippen MR) is 60.9 cm³/mol. The van der Waals surface area contributed by atoms with Crippen LogP contribution in [0.4, 0.5) is 0 Å². The summed E-state index contributed by atoms with van der Waals surface area (Å²) in [6.07, 6.45) is 0. The van der Waals surface area contributed by atoms with Crippen LogP contribution < -0.4 is 0 Å². The summed E-state index contributed by atoms with van der Waals surface area (Å²) >= 11 is 12.0. The first-order valence-electron chi connectivity index (χ1n) is 4.52. The number of rotatable bonds is 3. The molecule has 0 bridgehead atoms. The molecule has 0 aliphatic carbocycles. The highest BCUT2D eigenvalue weighted by atomic mass is 35.5. The molecule has 88 valence electrons. The highest BCUT2D eigenvalue weighted by Crippen LogP contribution is 2.32. The second-order valence-corrected chi connectivity index (χ2v) is 3.96. The van der Waals surface area contributed by atoms with E-state index in [0.29, 0.717) is 15.6 Å². The van der Waals surface area contributed by atoms with E-state index in [2.05, 4.69) is 15.5 Å². The van der Waals surface area contributed by atoms with Crippen molar-refractivity contribution in [1.82, 2.24) is 20.2 Å². The molecule has 0 radical (unpaired) electrons. The third-order valence-electron chi connectivity index (χ3n) is 2.00. The molecule has 2 aromatic rings. The Morgan fingerprint density at radius 2 is 2.00 bits per heavy atom. The molecule has 0 aliphatic rings. The Labute approximate surface area is 106 Å². The number of carbonyl (C=O) groups is 1. The van der Waals surface area contributed by atoms with Crippen LogP contribution in [0.5, 0.6) is 0 Å². The topological polar surface area (TPSA) is 80.9 Å². The van der Waals surface area contributed by atoms with Crippen LogP contribution in [0.3, 0.4) is 0 Å². The van der Waals surface area contributed by atoms with Crippen LogP contribution in [0.1, 0.15) is 0 Å². The van der Waals surface area contributed by atoms with Crippen molar-refractivity contribution in [2.45, 2.75) is 6.54 Å². The van der Waals surface area contributed by atoms with Gasteiger partial charge in [0.25, 0.3) is 0 Å². The van der Waals surface area contributed by atoms with Crippen molar-refractivity contribution in [3.8, 4) is 11.4 Å². The number of benzene rings is 1. The maximum atomic E-state index is 10.6. The molecule has 8 heteroatoms. The maximum Gasteiger partial charge on any atom is 0.325 e. The minimum Gasteiger partial charge on any atom is -0.480 e. The quantitative estimate of drug-likeness (QED) is 0.921. The lowest BCUT2D eigenvalue weighted by atomic mass is 10.2. The molecule has 1 aromatic carbocycles. The molecule has 0 saturated heterocycles. The zero-order valence-electron chi connectivity index (χ0n) is 8.34. The molecule has 0 aliphatic heterocycles. The Morgan fingerprint density at radius 1 is 1.35 bits per heavy atom. The lowest BCUT2D eigenvalue weighted by molar-refractivity contribution is -0.137. The number of aliphatic carboxylic acids is 1. The lowest BCUT2D eigenvalue weighted by Crippen LogP contribution is -2.11. The van der Waals surface area contributed by atoms with Gasteiger partial charge >= 0.3 is 5.97 Å². The van der Waals surface area contributed by atoms with Gasteiger partial charge in [-0.25, -0.2) is 4.68 Å². The van der Waals surface area contributed by atoms with Gasteiger partial charge in [-0.2, -0.15) is 0 Å². The van der Waals surface area contributed by atoms with Crippen molar-refractivity contribution in [3.05, 3.63) is 28.2 Å². The van der Waals surface area contributed by atoms with E-state index in [4.69, 9.17) is 28.3 Å². The molecule has 2 rings (SSSR count). The first-order valence-corrected chi connectivity index (χ1v) is 5.27. The molecule has 17 heavy (non-hydrogen) atoms. The van der Waals surface area contributed by atoms with E-state index in [1.807, 2.05) is 0 Å². The van der Waals surface area contributed by atoms with E-state index in [-0.39, 0.29) is 12.4 Å². The number of aromatic nitrogens is 4. The number of hydrogen-bond donors (Lipinski definition) is 1. The van der Waals surface area contributed by atoms with Gasteiger partial charge in [-0.3, -0.25) is 4.79 Å². The Balaban J connectivity index is 2.53. The van der Waals surface area contributed by atoms with Gasteiger partial charge in [0, 0.05) is 0 Å². The molecule has 0 fully saturated rings. The smallest absolute Gasteiger partial charge is 0.325 e. The van der Waals surface area contributed by atoms with Crippen molar-refractivity contribution < 1.29 is 9.90 Å². The molecule has 0 atom stereocenters. The Hall–Kier alpha value is -1.66. The van der Waals surface area contributed by atoms with Crippen molar-refractivity contribution in [2.24, 2.45) is 0 Å². The molecule has 0 unspecified atom stereocenters. The summed E-state index contributed by atoms with van der Waals surface area (Å²) in [6, 6.07) is 4.94. The van der Waals surface area contributed by atoms with Crippen molar-refractivity contribution >= 4 is 29.2 Å². The fourth-order valence-electron chi connectivity index (χ4n) is 1.33. The molecule has 1 heterocycles. The summed E-state index contributed by atoms with van der Waals surface area (Å²) in [5.41, 5.74) is 0.419. The van der Waals surface area contributed by atoms with Crippen LogP contribution in [0.15, 0.2) is 18.2 Å². The average molecular weight is 273 g/mol. The number of halogens is 2. The third kappa shape index (κ3) is 2.37. The minimum absolute atomic E-state index is 0.225. The Bertz CT molecular complexity index is 550. The molecule has 1 aromatic heterocycles. The number of nitrogens with zero attached hydrogens (tertiary/aromatic N) is 4. The van der Waals surface area contributed by atoms with Crippen LogP contribution in [0.2, 0.25) is 10.0 Å². The number of tetrazole rings is 1. The van der Waals surface area contributed by atoms with Gasteiger partial charge in [-0.05, 0) is 22.6 Å². The standard InChI is InChI=1S/C9H6Cl2N4O2/c10-5-2-1-3-6(11)8(5)9-12-13-14-15(9)4-7(16)17/h1-3H,4H2,(H,16,17). The van der Waals surface area contributed by atoms with Gasteiger partial charge in [0.2, 0.25) is 0 Å². The van der Waals surface area contributed by atoms with E-state index < -0.39 is 5.97 Å². The van der Waals surface area contributed by atoms with Gasteiger partial charge < -0.3 is 5.11 Å². The summed E-state index contributed by atoms with van der Waals surface area (Å²) in [7, 11) is 0. The number of carboxylic acids is 1. The first-order chi connectivity index (χ1) is 8.09. The van der Waals surface area contributed by atoms with Gasteiger partial charge in [0.1, 0.15) is 6.54 Å². The predicted octanol–water partition coefficient (Wildman–Crippen LogP) is 1.73. The molecule has 1 N–H and O–H groups in total. The highest BCUT2D eigenvalue weighted by molar-refractivity contribution is 6.38. The summed E-state index contributed by atoms with van der Waals surface area (Å²) in [5.74, 6) is -0.829. The Kier molecular flexibility index (Phi) is 3.26. The molecule has 0 amide bonds. The summed E-state index contributed by atoms with van der Waals surface area (Å²) in [5, 5.41) is 20.2. The van der Waals surface area contributed by atoms with E-state index in [1.54, 1.807) is 18.2 Å². The van der Waals surface area contributed by atoms with E-state index in [1.165, 1.54) is 0 Å². The van der Waals surface area contributed by atoms with Gasteiger partial charge in [-0.1, -0.05) is 29.3 Å². The van der Waals surface area contributed by atoms with Gasteiger partial charge in [-0.15, -0.1) is 5.10 Å². The minimum atomic E-state index is -1.05. The summed E-state index contributed by atoms with van der Waals surface area (Å²) < 4.78 is 1.12. The van der Waals surface area contributed by atoms with Crippen LogP contribution in [0.25, 0.3) is 11.4 Å². The first kappa shape index (κ1) is 11.8. The van der Waals surface area contributed by atoms with Crippen LogP contribution in [-0.4, -0.2) is 31.3 Å². The Morgan fingerprint density at radius 3 is 2.59 bits per heavy atom. The molecule has 0 spiro atoms. The third-order valence-corrected chi connectivity index (χ3v) is 2.63. The van der Waals surface area contributed by atoms with Crippen LogP contribution >= 0.6 is 23.2 Å². The second-order valence-electron chi connectivity index (χ2n) is 3.15.